The smallest absolute Gasteiger partial charge is 0.238 e. The summed E-state index contributed by atoms with van der Waals surface area (Å²) in [6, 6.07) is 1.65. The van der Waals surface area contributed by atoms with Crippen LogP contribution in [0.5, 0.6) is 0 Å². The fraction of sp³-hybridized carbons (Fsp3) is 0.400. The predicted molar refractivity (Wildman–Crippen MR) is 70.6 cm³/mol. The molecule has 1 rings (SSSR count). The third-order valence-corrected chi connectivity index (χ3v) is 3.56. The Kier molecular flexibility index (Phi) is 5.02. The average molecular weight is 326 g/mol. The molecule has 1 atom stereocenters. The van der Waals surface area contributed by atoms with E-state index in [0.717, 1.165) is 5.56 Å². The number of rotatable bonds is 3. The SMILES string of the molecule is CCC(Br)C(=O)Nc1c(C)cc(Cl)nc1Cl. The Balaban J connectivity index is 2.93. The lowest BCUT2D eigenvalue weighted by Crippen LogP contribution is -2.22. The van der Waals surface area contributed by atoms with Crippen LogP contribution in [0.3, 0.4) is 0 Å². The lowest BCUT2D eigenvalue weighted by atomic mass is 10.2. The average Bonchev–Trinajstić information content (AvgIpc) is 2.21. The molecule has 0 aliphatic rings. The second-order valence-corrected chi connectivity index (χ2v) is 5.14. The van der Waals surface area contributed by atoms with Crippen molar-refractivity contribution in [2.24, 2.45) is 0 Å². The minimum atomic E-state index is -0.237. The third kappa shape index (κ3) is 3.34. The van der Waals surface area contributed by atoms with E-state index >= 15 is 0 Å². The molecule has 6 heteroatoms. The number of aryl methyl sites for hydroxylation is 1. The molecule has 1 aromatic rings. The van der Waals surface area contributed by atoms with Crippen LogP contribution in [0.25, 0.3) is 0 Å². The van der Waals surface area contributed by atoms with Gasteiger partial charge in [-0.15, -0.1) is 0 Å². The first-order valence-electron chi connectivity index (χ1n) is 4.73. The standard InChI is InChI=1S/C10H11BrCl2N2O/c1-3-6(11)10(16)15-8-5(2)4-7(12)14-9(8)13/h4,6H,3H2,1-2H3,(H,15,16). The van der Waals surface area contributed by atoms with Crippen molar-refractivity contribution in [3.63, 3.8) is 0 Å². The second kappa shape index (κ2) is 5.84. The van der Waals surface area contributed by atoms with E-state index < -0.39 is 0 Å². The molecule has 0 saturated carbocycles. The summed E-state index contributed by atoms with van der Waals surface area (Å²) in [4.78, 5) is 15.3. The van der Waals surface area contributed by atoms with E-state index in [4.69, 9.17) is 23.2 Å². The molecule has 1 heterocycles. The van der Waals surface area contributed by atoms with Crippen molar-refractivity contribution in [2.75, 3.05) is 5.32 Å². The number of carbonyl (C=O) groups excluding carboxylic acids is 1. The van der Waals surface area contributed by atoms with Gasteiger partial charge in [-0.05, 0) is 25.0 Å². The molecule has 1 N–H and O–H groups in total. The van der Waals surface area contributed by atoms with Crippen LogP contribution in [0, 0.1) is 6.92 Å². The van der Waals surface area contributed by atoms with E-state index in [1.54, 1.807) is 6.07 Å². The van der Waals surface area contributed by atoms with Gasteiger partial charge in [-0.2, -0.15) is 0 Å². The molecule has 0 spiro atoms. The van der Waals surface area contributed by atoms with E-state index in [9.17, 15) is 4.79 Å². The van der Waals surface area contributed by atoms with E-state index in [0.29, 0.717) is 17.3 Å². The van der Waals surface area contributed by atoms with Crippen molar-refractivity contribution in [3.05, 3.63) is 21.9 Å². The number of halogens is 3. The van der Waals surface area contributed by atoms with Crippen LogP contribution >= 0.6 is 39.1 Å². The zero-order chi connectivity index (χ0) is 12.3. The summed E-state index contributed by atoms with van der Waals surface area (Å²) in [6.45, 7) is 3.72. The van der Waals surface area contributed by atoms with Crippen LogP contribution in [0.4, 0.5) is 5.69 Å². The summed E-state index contributed by atoms with van der Waals surface area (Å²) in [5, 5.41) is 3.23. The van der Waals surface area contributed by atoms with Crippen molar-refractivity contribution < 1.29 is 4.79 Å². The van der Waals surface area contributed by atoms with E-state index in [2.05, 4.69) is 26.2 Å². The third-order valence-electron chi connectivity index (χ3n) is 2.03. The second-order valence-electron chi connectivity index (χ2n) is 3.29. The van der Waals surface area contributed by atoms with Gasteiger partial charge in [-0.25, -0.2) is 4.98 Å². The summed E-state index contributed by atoms with van der Waals surface area (Å²) < 4.78 is 0. The topological polar surface area (TPSA) is 42.0 Å². The quantitative estimate of drug-likeness (QED) is 0.678. The van der Waals surface area contributed by atoms with E-state index in [1.807, 2.05) is 13.8 Å². The molecule has 0 aromatic carbocycles. The van der Waals surface area contributed by atoms with Crippen LogP contribution < -0.4 is 5.32 Å². The maximum Gasteiger partial charge on any atom is 0.238 e. The molecule has 1 unspecified atom stereocenters. The molecule has 0 fully saturated rings. The highest BCUT2D eigenvalue weighted by Gasteiger charge is 2.16. The highest BCUT2D eigenvalue weighted by molar-refractivity contribution is 9.10. The van der Waals surface area contributed by atoms with Gasteiger partial charge in [-0.3, -0.25) is 4.79 Å². The molecule has 88 valence electrons. The molecular weight excluding hydrogens is 315 g/mol. The molecular formula is C10H11BrCl2N2O. The van der Waals surface area contributed by atoms with Crippen molar-refractivity contribution in [2.45, 2.75) is 25.1 Å². The number of nitrogens with zero attached hydrogens (tertiary/aromatic N) is 1. The maximum atomic E-state index is 11.7. The zero-order valence-electron chi connectivity index (χ0n) is 8.85. The Morgan fingerprint density at radius 3 is 2.75 bits per heavy atom. The number of aromatic nitrogens is 1. The lowest BCUT2D eigenvalue weighted by molar-refractivity contribution is -0.115. The summed E-state index contributed by atoms with van der Waals surface area (Å²) in [5.41, 5.74) is 1.29. The highest BCUT2D eigenvalue weighted by Crippen LogP contribution is 2.27. The van der Waals surface area contributed by atoms with Gasteiger partial charge >= 0.3 is 0 Å². The predicted octanol–water partition coefficient (Wildman–Crippen LogP) is 3.81. The van der Waals surface area contributed by atoms with Gasteiger partial charge in [0.15, 0.2) is 5.15 Å². The summed E-state index contributed by atoms with van der Waals surface area (Å²) in [5.74, 6) is -0.142. The van der Waals surface area contributed by atoms with Gasteiger partial charge in [0.2, 0.25) is 5.91 Å². The molecule has 16 heavy (non-hydrogen) atoms. The summed E-state index contributed by atoms with van der Waals surface area (Å²) >= 11 is 14.9. The summed E-state index contributed by atoms with van der Waals surface area (Å²) in [6.07, 6.45) is 0.698. The fourth-order valence-electron chi connectivity index (χ4n) is 1.13. The van der Waals surface area contributed by atoms with Crippen molar-refractivity contribution >= 4 is 50.7 Å². The maximum absolute atomic E-state index is 11.7. The van der Waals surface area contributed by atoms with Crippen LogP contribution in [0.2, 0.25) is 10.3 Å². The van der Waals surface area contributed by atoms with Crippen molar-refractivity contribution in [1.29, 1.82) is 0 Å². The number of amides is 1. The van der Waals surface area contributed by atoms with Crippen LogP contribution in [-0.2, 0) is 4.79 Å². The van der Waals surface area contributed by atoms with Crippen molar-refractivity contribution in [1.82, 2.24) is 4.98 Å². The van der Waals surface area contributed by atoms with Gasteiger partial charge in [0.05, 0.1) is 10.5 Å². The van der Waals surface area contributed by atoms with Crippen molar-refractivity contribution in [3.8, 4) is 0 Å². The Labute approximate surface area is 113 Å². The molecule has 0 aliphatic carbocycles. The molecule has 1 aromatic heterocycles. The Hall–Kier alpha value is -0.320. The van der Waals surface area contributed by atoms with Gasteiger partial charge in [0.25, 0.3) is 0 Å². The number of hydrogen-bond acceptors (Lipinski definition) is 2. The fourth-order valence-corrected chi connectivity index (χ4v) is 1.83. The first-order chi connectivity index (χ1) is 7.45. The number of anilines is 1. The lowest BCUT2D eigenvalue weighted by Gasteiger charge is -2.12. The number of nitrogens with one attached hydrogen (secondary N) is 1. The summed E-state index contributed by atoms with van der Waals surface area (Å²) in [7, 11) is 0. The first-order valence-corrected chi connectivity index (χ1v) is 6.40. The molecule has 0 saturated heterocycles. The van der Waals surface area contributed by atoms with Gasteiger partial charge < -0.3 is 5.32 Å². The number of alkyl halides is 1. The monoisotopic (exact) mass is 324 g/mol. The normalized spacial score (nSPS) is 12.3. The van der Waals surface area contributed by atoms with E-state index in [1.165, 1.54) is 0 Å². The van der Waals surface area contributed by atoms with E-state index in [-0.39, 0.29) is 15.9 Å². The molecule has 0 bridgehead atoms. The van der Waals surface area contributed by atoms with Gasteiger partial charge in [-0.1, -0.05) is 46.1 Å². The van der Waals surface area contributed by atoms with Crippen LogP contribution in [-0.4, -0.2) is 15.7 Å². The van der Waals surface area contributed by atoms with Gasteiger partial charge in [0.1, 0.15) is 5.15 Å². The largest absolute Gasteiger partial charge is 0.322 e. The number of pyridine rings is 1. The highest BCUT2D eigenvalue weighted by atomic mass is 79.9. The minimum absolute atomic E-state index is 0.142. The Morgan fingerprint density at radius 2 is 2.25 bits per heavy atom. The number of carbonyl (C=O) groups is 1. The molecule has 3 nitrogen and oxygen atoms in total. The minimum Gasteiger partial charge on any atom is -0.322 e. The van der Waals surface area contributed by atoms with Crippen LogP contribution in [0.15, 0.2) is 6.07 Å². The van der Waals surface area contributed by atoms with Crippen LogP contribution in [0.1, 0.15) is 18.9 Å². The Bertz CT molecular complexity index is 389. The van der Waals surface area contributed by atoms with Gasteiger partial charge in [0, 0.05) is 0 Å². The molecule has 0 radical (unpaired) electrons. The molecule has 1 amide bonds. The molecule has 0 aliphatic heterocycles. The Morgan fingerprint density at radius 1 is 1.62 bits per heavy atom. The zero-order valence-corrected chi connectivity index (χ0v) is 11.9. The first kappa shape index (κ1) is 13.7. The number of hydrogen-bond donors (Lipinski definition) is 1.